The third kappa shape index (κ3) is 4.40. The monoisotopic (exact) mass is 270 g/mol. The molecule has 0 bridgehead atoms. The third-order valence-electron chi connectivity index (χ3n) is 2.41. The Morgan fingerprint density at radius 3 is 2.89 bits per heavy atom. The van der Waals surface area contributed by atoms with E-state index >= 15 is 0 Å². The number of nitrogens with zero attached hydrogens (tertiary/aromatic N) is 2. The zero-order valence-electron chi connectivity index (χ0n) is 10.4. The highest BCUT2D eigenvalue weighted by molar-refractivity contribution is 7.98. The van der Waals surface area contributed by atoms with Gasteiger partial charge in [-0.15, -0.1) is 11.8 Å². The largest absolute Gasteiger partial charge is 0.395 e. The highest BCUT2D eigenvalue weighted by atomic mass is 32.2. The minimum Gasteiger partial charge on any atom is -0.395 e. The number of thioether (sulfide) groups is 1. The molecule has 0 aliphatic heterocycles. The van der Waals surface area contributed by atoms with E-state index in [4.69, 9.17) is 5.11 Å². The molecule has 0 saturated carbocycles. The van der Waals surface area contributed by atoms with Crippen LogP contribution >= 0.6 is 11.8 Å². The molecule has 0 spiro atoms. The predicted octanol–water partition coefficient (Wildman–Crippen LogP) is 2.50. The fourth-order valence-corrected chi connectivity index (χ4v) is 2.33. The van der Waals surface area contributed by atoms with E-state index < -0.39 is 0 Å². The number of rotatable bonds is 4. The lowest BCUT2D eigenvalue weighted by molar-refractivity contribution is 0.305. The van der Waals surface area contributed by atoms with E-state index in [1.807, 2.05) is 24.3 Å². The Labute approximate surface area is 117 Å². The van der Waals surface area contributed by atoms with Gasteiger partial charge in [-0.3, -0.25) is 0 Å². The Kier molecular flexibility index (Phi) is 5.42. The molecular formula is C15H14N2OS. The van der Waals surface area contributed by atoms with E-state index in [2.05, 4.69) is 27.9 Å². The number of aliphatic hydroxyl groups is 1. The van der Waals surface area contributed by atoms with Crippen LogP contribution in [0.2, 0.25) is 0 Å². The van der Waals surface area contributed by atoms with Gasteiger partial charge in [-0.1, -0.05) is 30.0 Å². The quantitative estimate of drug-likeness (QED) is 0.527. The first-order valence-corrected chi connectivity index (χ1v) is 6.95. The minimum absolute atomic E-state index is 0.102. The molecular weight excluding hydrogens is 256 g/mol. The summed E-state index contributed by atoms with van der Waals surface area (Å²) in [5, 5.41) is 9.70. The summed E-state index contributed by atoms with van der Waals surface area (Å²) in [6.45, 7) is 0.102. The molecule has 1 N–H and O–H groups in total. The summed E-state index contributed by atoms with van der Waals surface area (Å²) in [5.41, 5.74) is 2.19. The van der Waals surface area contributed by atoms with Crippen LogP contribution in [-0.4, -0.2) is 21.7 Å². The van der Waals surface area contributed by atoms with Crippen molar-refractivity contribution in [3.05, 3.63) is 54.0 Å². The topological polar surface area (TPSA) is 46.0 Å². The zero-order chi connectivity index (χ0) is 13.3. The van der Waals surface area contributed by atoms with Gasteiger partial charge in [0.1, 0.15) is 6.33 Å². The second-order valence-corrected chi connectivity index (χ2v) is 4.76. The van der Waals surface area contributed by atoms with Crippen LogP contribution in [0.3, 0.4) is 0 Å². The maximum atomic E-state index is 8.74. The first-order valence-electron chi connectivity index (χ1n) is 5.96. The van der Waals surface area contributed by atoms with E-state index in [0.29, 0.717) is 6.42 Å². The Morgan fingerprint density at radius 1 is 1.21 bits per heavy atom. The molecule has 2 rings (SSSR count). The zero-order valence-corrected chi connectivity index (χ0v) is 11.2. The molecule has 19 heavy (non-hydrogen) atoms. The van der Waals surface area contributed by atoms with Gasteiger partial charge in [-0.05, 0) is 17.7 Å². The van der Waals surface area contributed by atoms with Gasteiger partial charge in [0.05, 0.1) is 11.6 Å². The van der Waals surface area contributed by atoms with Gasteiger partial charge in [0.25, 0.3) is 0 Å². The molecule has 0 unspecified atom stereocenters. The first kappa shape index (κ1) is 13.6. The molecule has 2 aromatic rings. The highest BCUT2D eigenvalue weighted by Crippen LogP contribution is 2.21. The van der Waals surface area contributed by atoms with Crippen molar-refractivity contribution >= 4 is 11.8 Å². The number of hydrogen-bond donors (Lipinski definition) is 1. The lowest BCUT2D eigenvalue weighted by Gasteiger charge is -2.03. The van der Waals surface area contributed by atoms with Crippen LogP contribution in [0.25, 0.3) is 0 Å². The van der Waals surface area contributed by atoms with Crippen LogP contribution in [-0.2, 0) is 5.75 Å². The average Bonchev–Trinajstić information content (AvgIpc) is 2.48. The van der Waals surface area contributed by atoms with Crippen molar-refractivity contribution in [2.24, 2.45) is 0 Å². The van der Waals surface area contributed by atoms with Crippen LogP contribution in [0, 0.1) is 11.8 Å². The van der Waals surface area contributed by atoms with Crippen molar-refractivity contribution < 1.29 is 5.11 Å². The SMILES string of the molecule is OCCC#Cc1ccccc1CSc1ccncn1. The second-order valence-electron chi connectivity index (χ2n) is 3.77. The number of hydrogen-bond acceptors (Lipinski definition) is 4. The van der Waals surface area contributed by atoms with Gasteiger partial charge in [0, 0.05) is 23.9 Å². The van der Waals surface area contributed by atoms with Crippen LogP contribution in [0.15, 0.2) is 47.9 Å². The molecule has 0 fully saturated rings. The lowest BCUT2D eigenvalue weighted by atomic mass is 10.1. The van der Waals surface area contributed by atoms with Crippen molar-refractivity contribution in [3.63, 3.8) is 0 Å². The van der Waals surface area contributed by atoms with Gasteiger partial charge in [-0.2, -0.15) is 0 Å². The fourth-order valence-electron chi connectivity index (χ4n) is 1.50. The number of aromatic nitrogens is 2. The van der Waals surface area contributed by atoms with Crippen LogP contribution < -0.4 is 0 Å². The second kappa shape index (κ2) is 7.57. The van der Waals surface area contributed by atoms with E-state index in [0.717, 1.165) is 16.3 Å². The molecule has 1 aromatic carbocycles. The third-order valence-corrected chi connectivity index (χ3v) is 3.40. The molecule has 0 amide bonds. The summed E-state index contributed by atoms with van der Waals surface area (Å²) in [4.78, 5) is 8.08. The standard InChI is InChI=1S/C15H14N2OS/c18-10-4-3-6-13-5-1-2-7-14(13)11-19-15-8-9-16-12-17-15/h1-2,5,7-9,12,18H,4,10-11H2. The molecule has 4 heteroatoms. The van der Waals surface area contributed by atoms with Gasteiger partial charge in [-0.25, -0.2) is 9.97 Å². The van der Waals surface area contributed by atoms with Gasteiger partial charge < -0.3 is 5.11 Å². The van der Waals surface area contributed by atoms with Crippen LogP contribution in [0.4, 0.5) is 0 Å². The van der Waals surface area contributed by atoms with Crippen molar-refractivity contribution in [1.29, 1.82) is 0 Å². The van der Waals surface area contributed by atoms with Gasteiger partial charge in [0.15, 0.2) is 0 Å². The van der Waals surface area contributed by atoms with E-state index in [1.165, 1.54) is 5.56 Å². The van der Waals surface area contributed by atoms with Crippen LogP contribution in [0.5, 0.6) is 0 Å². The predicted molar refractivity (Wildman–Crippen MR) is 76.6 cm³/mol. The number of benzene rings is 1. The summed E-state index contributed by atoms with van der Waals surface area (Å²) in [5.74, 6) is 6.87. The normalized spacial score (nSPS) is 9.74. The van der Waals surface area contributed by atoms with Gasteiger partial charge >= 0.3 is 0 Å². The summed E-state index contributed by atoms with van der Waals surface area (Å²) in [6, 6.07) is 9.94. The minimum atomic E-state index is 0.102. The average molecular weight is 270 g/mol. The summed E-state index contributed by atoms with van der Waals surface area (Å²) < 4.78 is 0. The van der Waals surface area contributed by atoms with Crippen molar-refractivity contribution in [2.75, 3.05) is 6.61 Å². The molecule has 0 atom stereocenters. The molecule has 3 nitrogen and oxygen atoms in total. The molecule has 0 aliphatic carbocycles. The highest BCUT2D eigenvalue weighted by Gasteiger charge is 2.01. The number of aliphatic hydroxyl groups excluding tert-OH is 1. The molecule has 0 aliphatic rings. The van der Waals surface area contributed by atoms with Crippen molar-refractivity contribution in [3.8, 4) is 11.8 Å². The van der Waals surface area contributed by atoms with Crippen molar-refractivity contribution in [1.82, 2.24) is 9.97 Å². The smallest absolute Gasteiger partial charge is 0.116 e. The molecule has 1 heterocycles. The van der Waals surface area contributed by atoms with Gasteiger partial charge in [0.2, 0.25) is 0 Å². The maximum Gasteiger partial charge on any atom is 0.116 e. The summed E-state index contributed by atoms with van der Waals surface area (Å²) >= 11 is 1.66. The molecule has 1 aromatic heterocycles. The van der Waals surface area contributed by atoms with E-state index in [-0.39, 0.29) is 6.61 Å². The molecule has 0 radical (unpaired) electrons. The Balaban J connectivity index is 2.06. The Hall–Kier alpha value is -1.83. The Bertz CT molecular complexity index is 575. The molecule has 96 valence electrons. The summed E-state index contributed by atoms with van der Waals surface area (Å²) in [6.07, 6.45) is 3.80. The van der Waals surface area contributed by atoms with Crippen molar-refractivity contribution in [2.45, 2.75) is 17.2 Å². The summed E-state index contributed by atoms with van der Waals surface area (Å²) in [7, 11) is 0. The lowest BCUT2D eigenvalue weighted by Crippen LogP contribution is -1.88. The first-order chi connectivity index (χ1) is 9.40. The Morgan fingerprint density at radius 2 is 2.11 bits per heavy atom. The maximum absolute atomic E-state index is 8.74. The van der Waals surface area contributed by atoms with E-state index in [9.17, 15) is 0 Å². The molecule has 0 saturated heterocycles. The van der Waals surface area contributed by atoms with E-state index in [1.54, 1.807) is 24.3 Å². The van der Waals surface area contributed by atoms with Crippen LogP contribution in [0.1, 0.15) is 17.5 Å². The fraction of sp³-hybridized carbons (Fsp3) is 0.200.